The fraction of sp³-hybridized carbons (Fsp3) is 0.208. The van der Waals surface area contributed by atoms with Crippen molar-refractivity contribution in [3.8, 4) is 23.1 Å². The van der Waals surface area contributed by atoms with E-state index in [9.17, 15) is 9.59 Å². The number of ether oxygens (including phenoxy) is 3. The van der Waals surface area contributed by atoms with E-state index in [4.69, 9.17) is 19.3 Å². The van der Waals surface area contributed by atoms with Gasteiger partial charge in [0.2, 0.25) is 5.88 Å². The lowest BCUT2D eigenvalue weighted by molar-refractivity contribution is -0.144. The van der Waals surface area contributed by atoms with Gasteiger partial charge in [-0.3, -0.25) is 4.79 Å². The number of aliphatic carboxylic acids is 1. The monoisotopic (exact) mass is 434 g/mol. The summed E-state index contributed by atoms with van der Waals surface area (Å²) in [5, 5.41) is 11.8. The normalized spacial score (nSPS) is 12.9. The number of carboxylic acids is 1. The summed E-state index contributed by atoms with van der Waals surface area (Å²) in [6, 6.07) is 15.7. The Balaban J connectivity index is 1.39. The molecule has 1 aliphatic heterocycles. The van der Waals surface area contributed by atoms with Gasteiger partial charge < -0.3 is 24.6 Å². The van der Waals surface area contributed by atoms with Gasteiger partial charge in [-0.05, 0) is 48.4 Å². The molecule has 0 bridgehead atoms. The zero-order valence-corrected chi connectivity index (χ0v) is 17.4. The highest BCUT2D eigenvalue weighted by Crippen LogP contribution is 2.32. The number of nitrogens with zero attached hydrogens (tertiary/aromatic N) is 1. The van der Waals surface area contributed by atoms with Gasteiger partial charge in [0, 0.05) is 25.2 Å². The predicted octanol–water partition coefficient (Wildman–Crippen LogP) is 3.59. The van der Waals surface area contributed by atoms with Crippen LogP contribution in [0.5, 0.6) is 23.1 Å². The van der Waals surface area contributed by atoms with E-state index in [1.54, 1.807) is 48.7 Å². The molecule has 1 aromatic heterocycles. The van der Waals surface area contributed by atoms with Crippen molar-refractivity contribution in [3.63, 3.8) is 0 Å². The number of carbonyl (C=O) groups is 2. The van der Waals surface area contributed by atoms with Crippen LogP contribution in [0.25, 0.3) is 0 Å². The maximum Gasteiger partial charge on any atom is 0.344 e. The van der Waals surface area contributed by atoms with Crippen molar-refractivity contribution in [1.82, 2.24) is 10.3 Å². The zero-order valence-electron chi connectivity index (χ0n) is 17.4. The van der Waals surface area contributed by atoms with Crippen LogP contribution in [0.1, 0.15) is 28.4 Å². The molecule has 0 spiro atoms. The van der Waals surface area contributed by atoms with Crippen LogP contribution in [-0.4, -0.2) is 34.7 Å². The Morgan fingerprint density at radius 3 is 2.72 bits per heavy atom. The van der Waals surface area contributed by atoms with E-state index in [-0.39, 0.29) is 18.3 Å². The molecule has 32 heavy (non-hydrogen) atoms. The first-order valence-electron chi connectivity index (χ1n) is 10.1. The van der Waals surface area contributed by atoms with Gasteiger partial charge in [-0.2, -0.15) is 0 Å². The van der Waals surface area contributed by atoms with Gasteiger partial charge in [0.15, 0.2) is 6.10 Å². The van der Waals surface area contributed by atoms with Crippen LogP contribution in [0.2, 0.25) is 0 Å². The molecule has 8 heteroatoms. The SMILES string of the molecule is C[C@@H](Oc1ccc(CNC(=O)c2cccnc2Oc2ccc3c(c2)OCC3)cc1)C(=O)O. The first-order valence-corrected chi connectivity index (χ1v) is 10.1. The summed E-state index contributed by atoms with van der Waals surface area (Å²) in [6.45, 7) is 2.39. The Kier molecular flexibility index (Phi) is 6.21. The van der Waals surface area contributed by atoms with Crippen LogP contribution in [0.3, 0.4) is 0 Å². The smallest absolute Gasteiger partial charge is 0.344 e. The summed E-state index contributed by atoms with van der Waals surface area (Å²) in [6.07, 6.45) is 1.49. The van der Waals surface area contributed by atoms with E-state index < -0.39 is 12.1 Å². The Bertz CT molecular complexity index is 1130. The van der Waals surface area contributed by atoms with Gasteiger partial charge in [0.05, 0.1) is 6.61 Å². The minimum Gasteiger partial charge on any atom is -0.493 e. The molecule has 1 amide bonds. The molecule has 8 nitrogen and oxygen atoms in total. The maximum atomic E-state index is 12.8. The molecule has 164 valence electrons. The van der Waals surface area contributed by atoms with Crippen molar-refractivity contribution in [2.45, 2.75) is 26.0 Å². The number of amides is 1. The fourth-order valence-electron chi connectivity index (χ4n) is 3.18. The van der Waals surface area contributed by atoms with Crippen molar-refractivity contribution in [3.05, 3.63) is 77.5 Å². The second-order valence-electron chi connectivity index (χ2n) is 7.25. The molecule has 3 aromatic rings. The molecule has 0 aliphatic carbocycles. The Hall–Kier alpha value is -4.07. The van der Waals surface area contributed by atoms with Crippen molar-refractivity contribution in [1.29, 1.82) is 0 Å². The topological polar surface area (TPSA) is 107 Å². The second kappa shape index (κ2) is 9.38. The summed E-state index contributed by atoms with van der Waals surface area (Å²) in [4.78, 5) is 27.8. The number of carbonyl (C=O) groups excluding carboxylic acids is 1. The predicted molar refractivity (Wildman–Crippen MR) is 115 cm³/mol. The number of fused-ring (bicyclic) bond motifs is 1. The molecule has 2 aromatic carbocycles. The average molecular weight is 434 g/mol. The van der Waals surface area contributed by atoms with Crippen molar-refractivity contribution >= 4 is 11.9 Å². The van der Waals surface area contributed by atoms with E-state index >= 15 is 0 Å². The van der Waals surface area contributed by atoms with Gasteiger partial charge in [-0.25, -0.2) is 9.78 Å². The first-order chi connectivity index (χ1) is 15.5. The van der Waals surface area contributed by atoms with Gasteiger partial charge >= 0.3 is 5.97 Å². The lowest BCUT2D eigenvalue weighted by atomic mass is 10.1. The molecule has 0 saturated heterocycles. The number of rotatable bonds is 8. The third-order valence-corrected chi connectivity index (χ3v) is 4.93. The number of carboxylic acid groups (broad SMARTS) is 1. The second-order valence-corrected chi connectivity index (χ2v) is 7.25. The Morgan fingerprint density at radius 2 is 1.94 bits per heavy atom. The zero-order chi connectivity index (χ0) is 22.5. The van der Waals surface area contributed by atoms with Crippen LogP contribution in [0.4, 0.5) is 0 Å². The van der Waals surface area contributed by atoms with Crippen LogP contribution < -0.4 is 19.5 Å². The van der Waals surface area contributed by atoms with E-state index in [1.807, 2.05) is 12.1 Å². The molecule has 0 unspecified atom stereocenters. The largest absolute Gasteiger partial charge is 0.493 e. The summed E-state index contributed by atoms with van der Waals surface area (Å²) in [7, 11) is 0. The van der Waals surface area contributed by atoms with E-state index in [0.29, 0.717) is 23.7 Å². The molecule has 0 radical (unpaired) electrons. The molecule has 1 aliphatic rings. The average Bonchev–Trinajstić information content (AvgIpc) is 3.26. The van der Waals surface area contributed by atoms with Gasteiger partial charge in [-0.1, -0.05) is 18.2 Å². The van der Waals surface area contributed by atoms with E-state index in [1.165, 1.54) is 6.92 Å². The van der Waals surface area contributed by atoms with Crippen LogP contribution in [0.15, 0.2) is 60.8 Å². The third-order valence-electron chi connectivity index (χ3n) is 4.93. The number of hydrogen-bond donors (Lipinski definition) is 2. The lowest BCUT2D eigenvalue weighted by Gasteiger charge is -2.12. The third kappa shape index (κ3) is 4.97. The van der Waals surface area contributed by atoms with Crippen molar-refractivity contribution in [2.75, 3.05) is 6.61 Å². The molecular formula is C24H22N2O6. The summed E-state index contributed by atoms with van der Waals surface area (Å²) < 4.78 is 16.7. The van der Waals surface area contributed by atoms with Crippen LogP contribution in [0, 0.1) is 0 Å². The lowest BCUT2D eigenvalue weighted by Crippen LogP contribution is -2.24. The molecule has 4 rings (SSSR count). The Labute approximate surface area is 184 Å². The van der Waals surface area contributed by atoms with E-state index in [0.717, 1.165) is 23.3 Å². The maximum absolute atomic E-state index is 12.8. The van der Waals surface area contributed by atoms with Gasteiger partial charge in [0.1, 0.15) is 22.8 Å². The number of benzene rings is 2. The molecule has 0 fully saturated rings. The molecule has 2 N–H and O–H groups in total. The van der Waals surface area contributed by atoms with Gasteiger partial charge in [0.25, 0.3) is 5.91 Å². The first kappa shape index (κ1) is 21.2. The van der Waals surface area contributed by atoms with Crippen LogP contribution >= 0.6 is 0 Å². The highest BCUT2D eigenvalue weighted by molar-refractivity contribution is 5.96. The number of pyridine rings is 1. The van der Waals surface area contributed by atoms with Crippen molar-refractivity contribution in [2.24, 2.45) is 0 Å². The van der Waals surface area contributed by atoms with Gasteiger partial charge in [-0.15, -0.1) is 0 Å². The summed E-state index contributed by atoms with van der Waals surface area (Å²) in [5.74, 6) is 0.610. The molecule has 0 saturated carbocycles. The summed E-state index contributed by atoms with van der Waals surface area (Å²) in [5.41, 5.74) is 2.27. The number of hydrogen-bond acceptors (Lipinski definition) is 6. The van der Waals surface area contributed by atoms with E-state index in [2.05, 4.69) is 10.3 Å². The minimum atomic E-state index is -1.04. The standard InChI is InChI=1S/C24H22N2O6/c1-15(24(28)29)31-18-7-4-16(5-8-18)14-26-22(27)20-3-2-11-25-23(20)32-19-9-6-17-10-12-30-21(17)13-19/h2-9,11,13,15H,10,12,14H2,1H3,(H,26,27)(H,28,29)/t15-/m1/s1. The number of nitrogens with one attached hydrogen (secondary N) is 1. The van der Waals surface area contributed by atoms with Crippen molar-refractivity contribution < 1.29 is 28.9 Å². The fourth-order valence-corrected chi connectivity index (χ4v) is 3.18. The minimum absolute atomic E-state index is 0.203. The highest BCUT2D eigenvalue weighted by atomic mass is 16.5. The Morgan fingerprint density at radius 1 is 1.16 bits per heavy atom. The van der Waals surface area contributed by atoms with Crippen LogP contribution in [-0.2, 0) is 17.8 Å². The molecule has 2 heterocycles. The number of aromatic nitrogens is 1. The quantitative estimate of drug-likeness (QED) is 0.558. The summed E-state index contributed by atoms with van der Waals surface area (Å²) >= 11 is 0. The highest BCUT2D eigenvalue weighted by Gasteiger charge is 2.17. The molecule has 1 atom stereocenters. The molecular weight excluding hydrogens is 412 g/mol.